The predicted octanol–water partition coefficient (Wildman–Crippen LogP) is 8.73. The van der Waals surface area contributed by atoms with E-state index in [1.807, 2.05) is 13.1 Å². The number of benzene rings is 3. The van der Waals surface area contributed by atoms with E-state index in [1.54, 1.807) is 19.1 Å². The fourth-order valence-electron chi connectivity index (χ4n) is 5.28. The van der Waals surface area contributed by atoms with Crippen LogP contribution in [0.3, 0.4) is 0 Å². The molecular formula is C35H47FN2O3Si. The average Bonchev–Trinajstić information content (AvgIpc) is 2.93. The van der Waals surface area contributed by atoms with Gasteiger partial charge in [-0.05, 0) is 110 Å². The minimum absolute atomic E-state index is 0.149. The van der Waals surface area contributed by atoms with Gasteiger partial charge in [0.05, 0.1) is 6.61 Å². The van der Waals surface area contributed by atoms with E-state index in [0.29, 0.717) is 25.1 Å². The molecule has 3 aromatic rings. The molecule has 0 aromatic heterocycles. The Morgan fingerprint density at radius 3 is 2.38 bits per heavy atom. The quantitative estimate of drug-likeness (QED) is 0.174. The molecule has 1 aliphatic heterocycles. The van der Waals surface area contributed by atoms with Gasteiger partial charge in [-0.25, -0.2) is 4.39 Å². The molecule has 0 amide bonds. The summed E-state index contributed by atoms with van der Waals surface area (Å²) < 4.78 is 26.4. The average molecular weight is 591 g/mol. The van der Waals surface area contributed by atoms with Crippen molar-refractivity contribution in [2.75, 3.05) is 30.0 Å². The summed E-state index contributed by atoms with van der Waals surface area (Å²) in [6.07, 6.45) is 2.68. The number of carbonyl (C=O) groups is 1. The highest BCUT2D eigenvalue weighted by atomic mass is 28.4. The van der Waals surface area contributed by atoms with Crippen LogP contribution in [0, 0.1) is 12.7 Å². The van der Waals surface area contributed by atoms with Gasteiger partial charge < -0.3 is 19.0 Å². The van der Waals surface area contributed by atoms with Crippen LogP contribution in [0.2, 0.25) is 18.1 Å². The number of halogens is 1. The Labute approximate surface area is 252 Å². The Bertz CT molecular complexity index is 1400. The van der Waals surface area contributed by atoms with Crippen LogP contribution in [0.1, 0.15) is 62.8 Å². The van der Waals surface area contributed by atoms with Crippen molar-refractivity contribution in [2.45, 2.75) is 85.0 Å². The normalized spacial score (nSPS) is 13.5. The van der Waals surface area contributed by atoms with E-state index in [2.05, 4.69) is 87.0 Å². The minimum atomic E-state index is -1.90. The van der Waals surface area contributed by atoms with Gasteiger partial charge in [-0.3, -0.25) is 4.79 Å². The molecule has 0 aliphatic carbocycles. The summed E-state index contributed by atoms with van der Waals surface area (Å²) in [5.74, 6) is 0.345. The third-order valence-corrected chi connectivity index (χ3v) is 13.2. The van der Waals surface area contributed by atoms with Gasteiger partial charge in [-0.1, -0.05) is 39.0 Å². The lowest BCUT2D eigenvalue weighted by Crippen LogP contribution is -2.43. The molecule has 0 unspecified atom stereocenters. The van der Waals surface area contributed by atoms with Crippen molar-refractivity contribution in [1.82, 2.24) is 0 Å². The van der Waals surface area contributed by atoms with Crippen LogP contribution in [0.25, 0.3) is 0 Å². The first-order valence-electron chi connectivity index (χ1n) is 15.1. The smallest absolute Gasteiger partial charge is 0.306 e. The number of aryl methyl sites for hydroxylation is 2. The number of anilines is 3. The molecule has 42 heavy (non-hydrogen) atoms. The summed E-state index contributed by atoms with van der Waals surface area (Å²) in [6.45, 7) is 17.3. The molecule has 0 fully saturated rings. The molecule has 0 N–H and O–H groups in total. The fourth-order valence-corrected chi connectivity index (χ4v) is 6.31. The molecule has 0 spiro atoms. The third-order valence-electron chi connectivity index (χ3n) is 8.84. The van der Waals surface area contributed by atoms with Crippen LogP contribution in [0.15, 0.2) is 54.6 Å². The molecular weight excluding hydrogens is 543 g/mol. The number of hydrogen-bond donors (Lipinski definition) is 0. The van der Waals surface area contributed by atoms with E-state index in [4.69, 9.17) is 9.16 Å². The van der Waals surface area contributed by atoms with Crippen molar-refractivity contribution in [3.05, 3.63) is 82.7 Å². The summed E-state index contributed by atoms with van der Waals surface area (Å²) in [7, 11) is 0.0911. The minimum Gasteiger partial charge on any atom is -0.544 e. The zero-order chi connectivity index (χ0) is 30.7. The molecule has 3 aromatic carbocycles. The number of esters is 1. The predicted molar refractivity (Wildman–Crippen MR) is 174 cm³/mol. The van der Waals surface area contributed by atoms with Crippen LogP contribution in [0.4, 0.5) is 21.5 Å². The van der Waals surface area contributed by atoms with Crippen LogP contribution in [0.5, 0.6) is 5.75 Å². The molecule has 5 nitrogen and oxygen atoms in total. The van der Waals surface area contributed by atoms with Crippen molar-refractivity contribution in [3.8, 4) is 5.75 Å². The number of carbonyl (C=O) groups excluding carboxylic acids is 1. The summed E-state index contributed by atoms with van der Waals surface area (Å²) in [5.41, 5.74) is 7.63. The summed E-state index contributed by atoms with van der Waals surface area (Å²) in [5, 5.41) is 0.149. The Morgan fingerprint density at radius 2 is 1.74 bits per heavy atom. The van der Waals surface area contributed by atoms with E-state index < -0.39 is 8.32 Å². The van der Waals surface area contributed by atoms with E-state index in [-0.39, 0.29) is 23.2 Å². The van der Waals surface area contributed by atoms with Crippen LogP contribution in [-0.4, -0.2) is 34.5 Å². The molecule has 4 rings (SSSR count). The maximum atomic E-state index is 14.9. The zero-order valence-electron chi connectivity index (χ0n) is 26.6. The van der Waals surface area contributed by atoms with Gasteiger partial charge in [0, 0.05) is 43.6 Å². The monoisotopic (exact) mass is 590 g/mol. The standard InChI is InChI=1S/C35H47FN2O3Si/c1-9-40-33(39)21-15-26-14-16-30(23-32(26)36)37(6)24-28-13-12-27-11-10-22-38(34(27)25(28)2)29-17-19-31(20-18-29)41-42(7,8)35(3,4)5/h12-14,16-20,23H,9-11,15,21-22,24H2,1-8H3. The van der Waals surface area contributed by atoms with Crippen LogP contribution >= 0.6 is 0 Å². The van der Waals surface area contributed by atoms with Gasteiger partial charge in [0.1, 0.15) is 11.6 Å². The van der Waals surface area contributed by atoms with Crippen molar-refractivity contribution in [3.63, 3.8) is 0 Å². The van der Waals surface area contributed by atoms with Gasteiger partial charge in [-0.2, -0.15) is 0 Å². The van der Waals surface area contributed by atoms with Gasteiger partial charge >= 0.3 is 5.97 Å². The molecule has 0 saturated carbocycles. The van der Waals surface area contributed by atoms with Crippen LogP contribution in [-0.2, 0) is 28.9 Å². The first-order chi connectivity index (χ1) is 19.8. The van der Waals surface area contributed by atoms with Gasteiger partial charge in [0.25, 0.3) is 0 Å². The van der Waals surface area contributed by atoms with Crippen LogP contribution < -0.4 is 14.2 Å². The van der Waals surface area contributed by atoms with E-state index in [1.165, 1.54) is 28.1 Å². The summed E-state index contributed by atoms with van der Waals surface area (Å²) in [6, 6.07) is 18.3. The van der Waals surface area contributed by atoms with Crippen molar-refractivity contribution in [2.24, 2.45) is 0 Å². The molecule has 1 aliphatic rings. The van der Waals surface area contributed by atoms with Gasteiger partial charge in [0.15, 0.2) is 0 Å². The number of hydrogen-bond acceptors (Lipinski definition) is 5. The lowest BCUT2D eigenvalue weighted by molar-refractivity contribution is -0.143. The fraction of sp³-hybridized carbons (Fsp3) is 0.457. The Balaban J connectivity index is 1.51. The molecule has 1 heterocycles. The molecule has 7 heteroatoms. The highest BCUT2D eigenvalue weighted by Crippen LogP contribution is 2.40. The second kappa shape index (κ2) is 12.9. The lowest BCUT2D eigenvalue weighted by Gasteiger charge is -2.37. The SMILES string of the molecule is CCOC(=O)CCc1ccc(N(C)Cc2ccc3c(c2C)N(c2ccc(O[Si](C)(C)C(C)(C)C)cc2)CCC3)cc1F. The topological polar surface area (TPSA) is 42.0 Å². The second-order valence-electron chi connectivity index (χ2n) is 12.9. The lowest BCUT2D eigenvalue weighted by atomic mass is 9.94. The summed E-state index contributed by atoms with van der Waals surface area (Å²) in [4.78, 5) is 16.2. The highest BCUT2D eigenvalue weighted by Gasteiger charge is 2.39. The molecule has 226 valence electrons. The Hall–Kier alpha value is -3.32. The molecule has 0 atom stereocenters. The van der Waals surface area contributed by atoms with E-state index in [9.17, 15) is 9.18 Å². The maximum Gasteiger partial charge on any atom is 0.306 e. The summed E-state index contributed by atoms with van der Waals surface area (Å²) >= 11 is 0. The number of ether oxygens (including phenoxy) is 1. The van der Waals surface area contributed by atoms with E-state index >= 15 is 0 Å². The first-order valence-corrected chi connectivity index (χ1v) is 18.0. The molecule has 0 saturated heterocycles. The Kier molecular flexibility index (Phi) is 9.71. The van der Waals surface area contributed by atoms with Crippen molar-refractivity contribution < 1.29 is 18.3 Å². The van der Waals surface area contributed by atoms with Crippen molar-refractivity contribution >= 4 is 31.3 Å². The zero-order valence-corrected chi connectivity index (χ0v) is 27.6. The largest absolute Gasteiger partial charge is 0.544 e. The highest BCUT2D eigenvalue weighted by molar-refractivity contribution is 6.74. The molecule has 0 bridgehead atoms. The van der Waals surface area contributed by atoms with E-state index in [0.717, 1.165) is 30.8 Å². The number of fused-ring (bicyclic) bond motifs is 1. The molecule has 0 radical (unpaired) electrons. The Morgan fingerprint density at radius 1 is 1.05 bits per heavy atom. The maximum absolute atomic E-state index is 14.9. The third kappa shape index (κ3) is 7.17. The van der Waals surface area contributed by atoms with Gasteiger partial charge in [0.2, 0.25) is 8.32 Å². The second-order valence-corrected chi connectivity index (χ2v) is 17.6. The first kappa shape index (κ1) is 31.6. The number of rotatable bonds is 10. The van der Waals surface area contributed by atoms with Crippen molar-refractivity contribution in [1.29, 1.82) is 0 Å². The van der Waals surface area contributed by atoms with Gasteiger partial charge in [-0.15, -0.1) is 0 Å². The number of nitrogens with zero attached hydrogens (tertiary/aromatic N) is 2.